The first kappa shape index (κ1) is 8.75. The Balaban J connectivity index is 2.62. The van der Waals surface area contributed by atoms with E-state index in [1.165, 1.54) is 17.0 Å². The molecule has 1 heterocycles. The van der Waals surface area contributed by atoms with Gasteiger partial charge < -0.3 is 4.57 Å². The molecule has 2 heteroatoms. The minimum Gasteiger partial charge on any atom is -0.344 e. The number of benzene rings is 1. The molecule has 2 nitrogen and oxygen atoms in total. The summed E-state index contributed by atoms with van der Waals surface area (Å²) >= 11 is 0. The van der Waals surface area contributed by atoms with Crippen molar-refractivity contribution < 1.29 is 4.79 Å². The highest BCUT2D eigenvalue weighted by molar-refractivity contribution is 5.85. The zero-order chi connectivity index (χ0) is 9.97. The van der Waals surface area contributed by atoms with E-state index in [0.29, 0.717) is 0 Å². The largest absolute Gasteiger partial charge is 0.344 e. The first-order valence-electron chi connectivity index (χ1n) is 4.49. The molecule has 1 aromatic carbocycles. The summed E-state index contributed by atoms with van der Waals surface area (Å²) < 4.78 is 2.06. The van der Waals surface area contributed by atoms with Crippen LogP contribution in [0.15, 0.2) is 36.4 Å². The Labute approximate surface area is 82.5 Å². The lowest BCUT2D eigenvalue weighted by Gasteiger charge is -1.97. The number of carbonyl (C=O) groups is 1. The third-order valence-electron chi connectivity index (χ3n) is 2.33. The summed E-state index contributed by atoms with van der Waals surface area (Å²) in [5, 5.41) is 1.19. The van der Waals surface area contributed by atoms with Gasteiger partial charge in [-0.1, -0.05) is 18.2 Å². The fourth-order valence-electron chi connectivity index (χ4n) is 1.61. The van der Waals surface area contributed by atoms with Crippen LogP contribution in [0.4, 0.5) is 0 Å². The summed E-state index contributed by atoms with van der Waals surface area (Å²) in [7, 11) is 1.99. The van der Waals surface area contributed by atoms with Crippen molar-refractivity contribution >= 4 is 23.3 Å². The molecule has 0 radical (unpaired) electrons. The third kappa shape index (κ3) is 1.35. The number of hydrogen-bond donors (Lipinski definition) is 0. The van der Waals surface area contributed by atoms with E-state index >= 15 is 0 Å². The molecular weight excluding hydrogens is 174 g/mol. The zero-order valence-corrected chi connectivity index (χ0v) is 7.97. The number of fused-ring (bicyclic) bond motifs is 1. The van der Waals surface area contributed by atoms with Crippen LogP contribution < -0.4 is 0 Å². The summed E-state index contributed by atoms with van der Waals surface area (Å²) in [6.07, 6.45) is 4.11. The van der Waals surface area contributed by atoms with Gasteiger partial charge in [-0.3, -0.25) is 4.79 Å². The smallest absolute Gasteiger partial charge is 0.142 e. The number of hydrogen-bond acceptors (Lipinski definition) is 1. The average Bonchev–Trinajstić information content (AvgIpc) is 2.54. The van der Waals surface area contributed by atoms with E-state index in [9.17, 15) is 4.79 Å². The molecular formula is C12H11NO. The van der Waals surface area contributed by atoms with E-state index in [-0.39, 0.29) is 0 Å². The Morgan fingerprint density at radius 3 is 2.79 bits per heavy atom. The van der Waals surface area contributed by atoms with Crippen molar-refractivity contribution in [2.75, 3.05) is 0 Å². The van der Waals surface area contributed by atoms with Gasteiger partial charge in [-0.15, -0.1) is 0 Å². The first-order chi connectivity index (χ1) is 6.83. The van der Waals surface area contributed by atoms with Crippen molar-refractivity contribution in [2.24, 2.45) is 7.05 Å². The van der Waals surface area contributed by atoms with Crippen LogP contribution >= 0.6 is 0 Å². The number of aromatic nitrogens is 1. The second kappa shape index (κ2) is 3.50. The van der Waals surface area contributed by atoms with E-state index < -0.39 is 0 Å². The highest BCUT2D eigenvalue weighted by atomic mass is 16.1. The molecule has 0 aliphatic heterocycles. The molecule has 0 unspecified atom stereocenters. The topological polar surface area (TPSA) is 22.0 Å². The van der Waals surface area contributed by atoms with Crippen LogP contribution in [-0.4, -0.2) is 10.9 Å². The Hall–Kier alpha value is -1.83. The summed E-state index contributed by atoms with van der Waals surface area (Å²) in [4.78, 5) is 10.2. The van der Waals surface area contributed by atoms with Gasteiger partial charge in [0, 0.05) is 23.6 Å². The maximum absolute atomic E-state index is 10.2. The lowest BCUT2D eigenvalue weighted by Crippen LogP contribution is -1.89. The number of aryl methyl sites for hydroxylation is 1. The summed E-state index contributed by atoms with van der Waals surface area (Å²) in [6, 6.07) is 10.2. The Kier molecular flexibility index (Phi) is 2.19. The van der Waals surface area contributed by atoms with E-state index in [4.69, 9.17) is 0 Å². The van der Waals surface area contributed by atoms with Crippen molar-refractivity contribution in [1.29, 1.82) is 0 Å². The van der Waals surface area contributed by atoms with Gasteiger partial charge >= 0.3 is 0 Å². The lowest BCUT2D eigenvalue weighted by atomic mass is 10.2. The van der Waals surface area contributed by atoms with Crippen LogP contribution in [0.5, 0.6) is 0 Å². The predicted octanol–water partition coefficient (Wildman–Crippen LogP) is 2.39. The molecule has 1 aromatic heterocycles. The molecule has 14 heavy (non-hydrogen) atoms. The number of nitrogens with zero attached hydrogens (tertiary/aromatic N) is 1. The maximum atomic E-state index is 10.2. The van der Waals surface area contributed by atoms with Gasteiger partial charge in [-0.05, 0) is 24.3 Å². The normalized spacial score (nSPS) is 11.2. The molecule has 2 aromatic rings. The van der Waals surface area contributed by atoms with Gasteiger partial charge in [0.1, 0.15) is 6.29 Å². The van der Waals surface area contributed by atoms with Gasteiger partial charge in [0.15, 0.2) is 0 Å². The van der Waals surface area contributed by atoms with Crippen LogP contribution in [0.3, 0.4) is 0 Å². The van der Waals surface area contributed by atoms with Crippen molar-refractivity contribution in [1.82, 2.24) is 4.57 Å². The highest BCUT2D eigenvalue weighted by Gasteiger charge is 2.00. The van der Waals surface area contributed by atoms with Gasteiger partial charge in [0.2, 0.25) is 0 Å². The maximum Gasteiger partial charge on any atom is 0.142 e. The van der Waals surface area contributed by atoms with E-state index in [1.54, 1.807) is 0 Å². The molecule has 0 atom stereocenters. The third-order valence-corrected chi connectivity index (χ3v) is 2.33. The fourth-order valence-corrected chi connectivity index (χ4v) is 1.61. The van der Waals surface area contributed by atoms with E-state index in [0.717, 1.165) is 12.0 Å². The molecule has 0 aliphatic rings. The van der Waals surface area contributed by atoms with Crippen LogP contribution in [0.1, 0.15) is 5.69 Å². The van der Waals surface area contributed by atoms with Gasteiger partial charge in [0.05, 0.1) is 0 Å². The van der Waals surface area contributed by atoms with Crippen molar-refractivity contribution in [3.63, 3.8) is 0 Å². The molecule has 0 N–H and O–H groups in total. The van der Waals surface area contributed by atoms with Crippen LogP contribution in [0.25, 0.3) is 17.0 Å². The van der Waals surface area contributed by atoms with E-state index in [1.807, 2.05) is 25.3 Å². The molecule has 0 amide bonds. The fraction of sp³-hybridized carbons (Fsp3) is 0.0833. The molecule has 0 saturated carbocycles. The molecule has 0 bridgehead atoms. The monoisotopic (exact) mass is 185 g/mol. The van der Waals surface area contributed by atoms with Gasteiger partial charge in [0.25, 0.3) is 0 Å². The molecule has 0 aliphatic carbocycles. The Morgan fingerprint density at radius 1 is 1.29 bits per heavy atom. The van der Waals surface area contributed by atoms with Crippen LogP contribution in [0.2, 0.25) is 0 Å². The highest BCUT2D eigenvalue weighted by Crippen LogP contribution is 2.18. The van der Waals surface area contributed by atoms with Crippen molar-refractivity contribution in [3.8, 4) is 0 Å². The summed E-state index contributed by atoms with van der Waals surface area (Å²) in [6.45, 7) is 0. The molecule has 0 fully saturated rings. The number of rotatable bonds is 2. The Morgan fingerprint density at radius 2 is 2.07 bits per heavy atom. The van der Waals surface area contributed by atoms with Crippen LogP contribution in [0, 0.1) is 0 Å². The lowest BCUT2D eigenvalue weighted by molar-refractivity contribution is -0.104. The quantitative estimate of drug-likeness (QED) is 0.520. The molecule has 0 spiro atoms. The zero-order valence-electron chi connectivity index (χ0n) is 7.97. The predicted molar refractivity (Wildman–Crippen MR) is 58.0 cm³/mol. The minimum atomic E-state index is 0.789. The van der Waals surface area contributed by atoms with Gasteiger partial charge in [-0.2, -0.15) is 0 Å². The SMILES string of the molecule is Cn1c(C=CC=O)cc2ccccc21. The number of para-hydroxylation sites is 1. The number of allylic oxidation sites excluding steroid dienone is 1. The second-order valence-corrected chi connectivity index (χ2v) is 3.18. The molecule has 2 rings (SSSR count). The minimum absolute atomic E-state index is 0.789. The van der Waals surface area contributed by atoms with Crippen molar-refractivity contribution in [3.05, 3.63) is 42.1 Å². The van der Waals surface area contributed by atoms with E-state index in [2.05, 4.69) is 22.8 Å². The number of carbonyl (C=O) groups excluding carboxylic acids is 1. The van der Waals surface area contributed by atoms with Crippen molar-refractivity contribution in [2.45, 2.75) is 0 Å². The average molecular weight is 185 g/mol. The summed E-state index contributed by atoms with van der Waals surface area (Å²) in [5.74, 6) is 0. The first-order valence-corrected chi connectivity index (χ1v) is 4.49. The molecule has 0 saturated heterocycles. The summed E-state index contributed by atoms with van der Waals surface area (Å²) in [5.41, 5.74) is 2.22. The number of aldehydes is 1. The Bertz CT molecular complexity index is 494. The molecule has 70 valence electrons. The second-order valence-electron chi connectivity index (χ2n) is 3.18. The van der Waals surface area contributed by atoms with Gasteiger partial charge in [-0.25, -0.2) is 0 Å². The standard InChI is InChI=1S/C12H11NO/c1-13-11(6-4-8-14)9-10-5-2-3-7-12(10)13/h2-9H,1H3. The van der Waals surface area contributed by atoms with Crippen LogP contribution in [-0.2, 0) is 11.8 Å².